The van der Waals surface area contributed by atoms with Crippen molar-refractivity contribution in [3.05, 3.63) is 58.6 Å². The van der Waals surface area contributed by atoms with E-state index in [1.165, 1.54) is 13.0 Å². The normalized spacial score (nSPS) is 12.0. The number of rotatable bonds is 3. The van der Waals surface area contributed by atoms with Gasteiger partial charge in [-0.2, -0.15) is 18.4 Å². The van der Waals surface area contributed by atoms with E-state index < -0.39 is 11.7 Å². The molecule has 1 N–H and O–H groups in total. The molecule has 0 fully saturated rings. The highest BCUT2D eigenvalue weighted by Crippen LogP contribution is 2.34. The van der Waals surface area contributed by atoms with Gasteiger partial charge in [0.2, 0.25) is 5.91 Å². The van der Waals surface area contributed by atoms with Crippen molar-refractivity contribution in [2.45, 2.75) is 13.1 Å². The fourth-order valence-electron chi connectivity index (χ4n) is 2.39. The second-order valence-corrected chi connectivity index (χ2v) is 6.70. The molecular weight excluding hydrogens is 375 g/mol. The number of allylic oxidation sites excluding steroid dienone is 1. The average Bonchev–Trinajstić information content (AvgIpc) is 3.02. The van der Waals surface area contributed by atoms with Crippen LogP contribution in [0.3, 0.4) is 0 Å². The number of carbonyl (C=O) groups is 1. The van der Waals surface area contributed by atoms with Gasteiger partial charge in [0.25, 0.3) is 0 Å². The Kier molecular flexibility index (Phi) is 4.97. The Bertz CT molecular complexity index is 1080. The SMILES string of the molecule is CC(=O)Nc1ccc(/C=C(\C#N)c2nc3cc(C(F)(F)F)ccc3s2)cc1. The van der Waals surface area contributed by atoms with Crippen LogP contribution in [0, 0.1) is 11.3 Å². The van der Waals surface area contributed by atoms with Crippen molar-refractivity contribution >= 4 is 44.8 Å². The van der Waals surface area contributed by atoms with Gasteiger partial charge in [0.1, 0.15) is 11.1 Å². The summed E-state index contributed by atoms with van der Waals surface area (Å²) < 4.78 is 39.1. The summed E-state index contributed by atoms with van der Waals surface area (Å²) in [7, 11) is 0. The number of hydrogen-bond acceptors (Lipinski definition) is 4. The molecular formula is C19H12F3N3OS. The zero-order valence-corrected chi connectivity index (χ0v) is 14.8. The number of carbonyl (C=O) groups excluding carboxylic acids is 1. The first-order valence-electron chi connectivity index (χ1n) is 7.74. The quantitative estimate of drug-likeness (QED) is 0.617. The Morgan fingerprint density at radius 2 is 1.93 bits per heavy atom. The minimum Gasteiger partial charge on any atom is -0.326 e. The van der Waals surface area contributed by atoms with Gasteiger partial charge < -0.3 is 5.32 Å². The summed E-state index contributed by atoms with van der Waals surface area (Å²) >= 11 is 1.15. The van der Waals surface area contributed by atoms with Crippen molar-refractivity contribution in [2.24, 2.45) is 0 Å². The fourth-order valence-corrected chi connectivity index (χ4v) is 3.31. The van der Waals surface area contributed by atoms with E-state index in [1.807, 2.05) is 6.07 Å². The molecule has 0 unspecified atom stereocenters. The molecule has 2 aromatic carbocycles. The summed E-state index contributed by atoms with van der Waals surface area (Å²) in [6.07, 6.45) is -2.85. The number of benzene rings is 2. The van der Waals surface area contributed by atoms with Gasteiger partial charge in [0.15, 0.2) is 0 Å². The van der Waals surface area contributed by atoms with Crippen LogP contribution in [0.2, 0.25) is 0 Å². The van der Waals surface area contributed by atoms with Crippen LogP contribution >= 0.6 is 11.3 Å². The molecule has 4 nitrogen and oxygen atoms in total. The van der Waals surface area contributed by atoms with E-state index in [0.717, 1.165) is 23.5 Å². The van der Waals surface area contributed by atoms with Crippen LogP contribution in [0.25, 0.3) is 21.9 Å². The van der Waals surface area contributed by atoms with Crippen LogP contribution in [0.5, 0.6) is 0 Å². The van der Waals surface area contributed by atoms with Gasteiger partial charge in [0, 0.05) is 12.6 Å². The van der Waals surface area contributed by atoms with Gasteiger partial charge in [-0.3, -0.25) is 4.79 Å². The smallest absolute Gasteiger partial charge is 0.326 e. The third kappa shape index (κ3) is 4.33. The fraction of sp³-hybridized carbons (Fsp3) is 0.105. The number of anilines is 1. The number of fused-ring (bicyclic) bond motifs is 1. The lowest BCUT2D eigenvalue weighted by atomic mass is 10.1. The molecule has 0 aliphatic heterocycles. The van der Waals surface area contributed by atoms with Gasteiger partial charge in [-0.05, 0) is 42.0 Å². The molecule has 136 valence electrons. The molecule has 0 bridgehead atoms. The third-order valence-corrected chi connectivity index (χ3v) is 4.68. The van der Waals surface area contributed by atoms with Crippen molar-refractivity contribution in [3.63, 3.8) is 0 Å². The minimum atomic E-state index is -4.44. The summed E-state index contributed by atoms with van der Waals surface area (Å²) in [5.41, 5.74) is 1.00. The molecule has 0 saturated heterocycles. The summed E-state index contributed by atoms with van der Waals surface area (Å²) in [6.45, 7) is 1.40. The van der Waals surface area contributed by atoms with Crippen LogP contribution < -0.4 is 5.32 Å². The van der Waals surface area contributed by atoms with E-state index in [4.69, 9.17) is 0 Å². The molecule has 0 aliphatic rings. The summed E-state index contributed by atoms with van der Waals surface area (Å²) in [5.74, 6) is -0.191. The number of nitrogens with one attached hydrogen (secondary N) is 1. The summed E-state index contributed by atoms with van der Waals surface area (Å²) in [5, 5.41) is 12.4. The first kappa shape index (κ1) is 18.6. The molecule has 1 amide bonds. The van der Waals surface area contributed by atoms with Gasteiger partial charge in [-0.25, -0.2) is 4.98 Å². The molecule has 0 atom stereocenters. The first-order chi connectivity index (χ1) is 12.8. The molecule has 8 heteroatoms. The number of thiazole rings is 1. The zero-order valence-electron chi connectivity index (χ0n) is 14.0. The standard InChI is InChI=1S/C19H12F3N3OS/c1-11(26)24-15-5-2-12(3-6-15)8-13(10-23)18-25-16-9-14(19(20,21)22)4-7-17(16)27-18/h2-9H,1H3,(H,24,26)/b13-8+. The van der Waals surface area contributed by atoms with E-state index in [1.54, 1.807) is 30.3 Å². The molecule has 1 heterocycles. The van der Waals surface area contributed by atoms with Gasteiger partial charge in [-0.15, -0.1) is 11.3 Å². The lowest BCUT2D eigenvalue weighted by Crippen LogP contribution is -2.05. The largest absolute Gasteiger partial charge is 0.416 e. The van der Waals surface area contributed by atoms with Crippen molar-refractivity contribution in [1.82, 2.24) is 4.98 Å². The van der Waals surface area contributed by atoms with Crippen molar-refractivity contribution in [3.8, 4) is 6.07 Å². The highest BCUT2D eigenvalue weighted by atomic mass is 32.1. The first-order valence-corrected chi connectivity index (χ1v) is 8.55. The average molecular weight is 387 g/mol. The topological polar surface area (TPSA) is 65.8 Å². The van der Waals surface area contributed by atoms with Crippen LogP contribution in [-0.2, 0) is 11.0 Å². The van der Waals surface area contributed by atoms with E-state index in [0.29, 0.717) is 21.0 Å². The number of halogens is 3. The summed E-state index contributed by atoms with van der Waals surface area (Å²) in [6, 6.07) is 12.2. The Balaban J connectivity index is 1.94. The molecule has 0 spiro atoms. The predicted molar refractivity (Wildman–Crippen MR) is 98.9 cm³/mol. The zero-order chi connectivity index (χ0) is 19.6. The maximum absolute atomic E-state index is 12.8. The lowest BCUT2D eigenvalue weighted by molar-refractivity contribution is -0.137. The number of hydrogen-bond donors (Lipinski definition) is 1. The second kappa shape index (κ2) is 7.21. The van der Waals surface area contributed by atoms with Crippen LogP contribution in [-0.4, -0.2) is 10.9 Å². The second-order valence-electron chi connectivity index (χ2n) is 5.67. The molecule has 27 heavy (non-hydrogen) atoms. The lowest BCUT2D eigenvalue weighted by Gasteiger charge is -2.04. The number of aromatic nitrogens is 1. The van der Waals surface area contributed by atoms with E-state index in [2.05, 4.69) is 10.3 Å². The molecule has 0 saturated carbocycles. The van der Waals surface area contributed by atoms with Crippen LogP contribution in [0.4, 0.5) is 18.9 Å². The van der Waals surface area contributed by atoms with Crippen LogP contribution in [0.1, 0.15) is 23.1 Å². The highest BCUT2D eigenvalue weighted by molar-refractivity contribution is 7.19. The number of alkyl halides is 3. The number of amides is 1. The Morgan fingerprint density at radius 1 is 1.22 bits per heavy atom. The molecule has 3 rings (SSSR count). The monoisotopic (exact) mass is 387 g/mol. The van der Waals surface area contributed by atoms with Crippen molar-refractivity contribution in [2.75, 3.05) is 5.32 Å². The van der Waals surface area contributed by atoms with E-state index >= 15 is 0 Å². The number of nitriles is 1. The van der Waals surface area contributed by atoms with Gasteiger partial charge in [0.05, 0.1) is 21.4 Å². The minimum absolute atomic E-state index is 0.191. The van der Waals surface area contributed by atoms with Crippen molar-refractivity contribution < 1.29 is 18.0 Å². The van der Waals surface area contributed by atoms with E-state index in [9.17, 15) is 23.2 Å². The van der Waals surface area contributed by atoms with E-state index in [-0.39, 0.29) is 17.0 Å². The molecule has 3 aromatic rings. The molecule has 1 aromatic heterocycles. The highest BCUT2D eigenvalue weighted by Gasteiger charge is 2.30. The Morgan fingerprint density at radius 3 is 2.52 bits per heavy atom. The molecule has 0 radical (unpaired) electrons. The maximum Gasteiger partial charge on any atom is 0.416 e. The van der Waals surface area contributed by atoms with Gasteiger partial charge in [-0.1, -0.05) is 12.1 Å². The third-order valence-electron chi connectivity index (χ3n) is 3.61. The maximum atomic E-state index is 12.8. The van der Waals surface area contributed by atoms with Gasteiger partial charge >= 0.3 is 6.18 Å². The number of nitrogens with zero attached hydrogens (tertiary/aromatic N) is 2. The Labute approximate surface area is 156 Å². The Hall–Kier alpha value is -3.18. The molecule has 0 aliphatic carbocycles. The summed E-state index contributed by atoms with van der Waals surface area (Å²) in [4.78, 5) is 15.2. The van der Waals surface area contributed by atoms with Crippen LogP contribution in [0.15, 0.2) is 42.5 Å². The predicted octanol–water partition coefficient (Wildman–Crippen LogP) is 5.34. The van der Waals surface area contributed by atoms with Crippen molar-refractivity contribution in [1.29, 1.82) is 5.26 Å².